The molecule has 2 aromatic heterocycles. The summed E-state index contributed by atoms with van der Waals surface area (Å²) in [4.78, 5) is 28.5. The quantitative estimate of drug-likeness (QED) is 0.645. The van der Waals surface area contributed by atoms with E-state index in [1.165, 1.54) is 24.4 Å². The highest BCUT2D eigenvalue weighted by Gasteiger charge is 2.27. The fraction of sp³-hybridized carbons (Fsp3) is 0.389. The van der Waals surface area contributed by atoms with Crippen molar-refractivity contribution >= 4 is 39.5 Å². The molecule has 0 saturated heterocycles. The first-order valence-electron chi connectivity index (χ1n) is 9.48. The van der Waals surface area contributed by atoms with Gasteiger partial charge in [0.05, 0.1) is 5.56 Å². The monoisotopic (exact) mass is 472 g/mol. The Hall–Kier alpha value is -2.99. The Morgan fingerprint density at radius 3 is 2.48 bits per heavy atom. The normalized spacial score (nSPS) is 12.4. The summed E-state index contributed by atoms with van der Waals surface area (Å²) < 4.78 is 32.3. The lowest BCUT2D eigenvalue weighted by atomic mass is 10.3. The number of ether oxygens (including phenoxy) is 1. The third-order valence-electron chi connectivity index (χ3n) is 3.09. The largest absolute Gasteiger partial charge is 0.471 e. The first kappa shape index (κ1) is 26.0. The molecule has 3 heterocycles. The molecule has 0 spiro atoms. The average Bonchev–Trinajstić information content (AvgIpc) is 2.76. The summed E-state index contributed by atoms with van der Waals surface area (Å²) in [5, 5.41) is 5.51. The van der Waals surface area contributed by atoms with E-state index in [0.29, 0.717) is 5.69 Å². The summed E-state index contributed by atoms with van der Waals surface area (Å²) in [7, 11) is -4.36. The molecule has 0 unspecified atom stereocenters. The van der Waals surface area contributed by atoms with E-state index >= 15 is 0 Å². The summed E-state index contributed by atoms with van der Waals surface area (Å²) in [5.74, 6) is -0.203. The van der Waals surface area contributed by atoms with Crippen molar-refractivity contribution in [3.05, 3.63) is 40.8 Å². The highest BCUT2D eigenvalue weighted by atomic mass is 35.5. The number of aryl methyl sites for hydroxylation is 1. The molecule has 1 aliphatic heterocycles. The van der Waals surface area contributed by atoms with Gasteiger partial charge in [-0.2, -0.15) is 8.42 Å². The molecule has 2 N–H and O–H groups in total. The number of urea groups is 1. The molecule has 0 saturated carbocycles. The highest BCUT2D eigenvalue weighted by Crippen LogP contribution is 2.16. The van der Waals surface area contributed by atoms with Crippen molar-refractivity contribution in [2.75, 3.05) is 18.5 Å². The molecule has 0 radical (unpaired) electrons. The van der Waals surface area contributed by atoms with E-state index in [1.807, 2.05) is 32.4 Å². The Labute approximate surface area is 186 Å². The van der Waals surface area contributed by atoms with Crippen LogP contribution in [0.3, 0.4) is 0 Å². The van der Waals surface area contributed by atoms with Gasteiger partial charge in [-0.25, -0.2) is 24.5 Å². The lowest BCUT2D eigenvalue weighted by molar-refractivity contribution is 0.0653. The molecule has 11 nitrogen and oxygen atoms in total. The van der Waals surface area contributed by atoms with E-state index in [9.17, 15) is 13.2 Å². The van der Waals surface area contributed by atoms with Gasteiger partial charge in [-0.3, -0.25) is 5.32 Å². The number of sulfonamides is 1. The molecule has 2 amide bonds. The number of anilines is 1. The summed E-state index contributed by atoms with van der Waals surface area (Å²) in [5.41, 5.74) is 0.542. The zero-order chi connectivity index (χ0) is 23.4. The number of halogens is 1. The average molecular weight is 473 g/mol. The van der Waals surface area contributed by atoms with Crippen molar-refractivity contribution in [3.8, 4) is 0 Å². The van der Waals surface area contributed by atoms with Crippen LogP contribution in [0.5, 0.6) is 0 Å². The van der Waals surface area contributed by atoms with Crippen molar-refractivity contribution in [3.63, 3.8) is 0 Å². The molecular formula is C18H25ClN6O5S. The zero-order valence-electron chi connectivity index (χ0n) is 17.8. The fourth-order valence-corrected chi connectivity index (χ4v) is 3.36. The van der Waals surface area contributed by atoms with Gasteiger partial charge in [0.25, 0.3) is 15.9 Å². The maximum Gasteiger partial charge on any atom is 0.335 e. The van der Waals surface area contributed by atoms with Crippen LogP contribution < -0.4 is 10.0 Å². The number of carbonyl (C=O) groups excluding carboxylic acids is 1. The van der Waals surface area contributed by atoms with Crippen molar-refractivity contribution in [1.29, 1.82) is 0 Å². The van der Waals surface area contributed by atoms with Gasteiger partial charge < -0.3 is 9.57 Å². The Balaban J connectivity index is 0.00000113. The van der Waals surface area contributed by atoms with Gasteiger partial charge in [0, 0.05) is 11.9 Å². The second kappa shape index (κ2) is 12.6. The molecule has 0 atom stereocenters. The van der Waals surface area contributed by atoms with Gasteiger partial charge in [0.15, 0.2) is 11.6 Å². The van der Waals surface area contributed by atoms with Gasteiger partial charge in [-0.15, -0.1) is 0 Å². The minimum atomic E-state index is -4.36. The minimum absolute atomic E-state index is 0.0485. The van der Waals surface area contributed by atoms with Gasteiger partial charge >= 0.3 is 6.03 Å². The van der Waals surface area contributed by atoms with E-state index in [4.69, 9.17) is 21.2 Å². The Morgan fingerprint density at radius 2 is 1.87 bits per heavy atom. The van der Waals surface area contributed by atoms with Gasteiger partial charge in [-0.05, 0) is 30.3 Å². The maximum absolute atomic E-state index is 12.6. The van der Waals surface area contributed by atoms with Crippen molar-refractivity contribution in [2.45, 2.75) is 39.6 Å². The third kappa shape index (κ3) is 7.64. The lowest BCUT2D eigenvalue weighted by Crippen LogP contribution is -2.36. The summed E-state index contributed by atoms with van der Waals surface area (Å²) >= 11 is 5.78. The van der Waals surface area contributed by atoms with E-state index in [0.717, 1.165) is 0 Å². The van der Waals surface area contributed by atoms with Crippen LogP contribution in [0.1, 0.15) is 39.0 Å². The summed E-state index contributed by atoms with van der Waals surface area (Å²) in [6, 6.07) is 3.32. The number of rotatable bonds is 4. The number of pyridine rings is 1. The molecular weight excluding hydrogens is 448 g/mol. The number of hydrogen-bond donors (Lipinski definition) is 2. The van der Waals surface area contributed by atoms with Crippen molar-refractivity contribution in [2.24, 2.45) is 5.16 Å². The van der Waals surface area contributed by atoms with E-state index < -0.39 is 21.1 Å². The van der Waals surface area contributed by atoms with E-state index in [1.54, 1.807) is 6.92 Å². The second-order valence-electron chi connectivity index (χ2n) is 5.15. The number of carbonyl (C=O) groups is 1. The minimum Gasteiger partial charge on any atom is -0.471 e. The van der Waals surface area contributed by atoms with Gasteiger partial charge in [0.2, 0.25) is 5.95 Å². The number of hydrogen-bond acceptors (Lipinski definition) is 9. The maximum atomic E-state index is 12.6. The molecule has 2 aromatic rings. The van der Waals surface area contributed by atoms with Crippen LogP contribution in [-0.4, -0.2) is 48.5 Å². The van der Waals surface area contributed by atoms with Gasteiger partial charge in [0.1, 0.15) is 11.8 Å². The molecule has 170 valence electrons. The zero-order valence-corrected chi connectivity index (χ0v) is 19.4. The molecule has 0 aliphatic carbocycles. The van der Waals surface area contributed by atoms with Crippen LogP contribution in [0.4, 0.5) is 10.7 Å². The molecule has 0 fully saturated rings. The van der Waals surface area contributed by atoms with Crippen molar-refractivity contribution in [1.82, 2.24) is 19.7 Å². The SMILES string of the molecule is CC.CC.Cc1cc(Cl)nc(NC(=O)NS(=O)(=O)c2ncccc2C2=NOCCO2)n1. The Morgan fingerprint density at radius 1 is 1.16 bits per heavy atom. The number of amides is 2. The van der Waals surface area contributed by atoms with Crippen molar-refractivity contribution < 1.29 is 22.8 Å². The molecule has 13 heteroatoms. The van der Waals surface area contributed by atoms with Crippen LogP contribution in [-0.2, 0) is 19.6 Å². The Kier molecular flexibility index (Phi) is 10.6. The predicted octanol–water partition coefficient (Wildman–Crippen LogP) is 3.10. The number of nitrogens with zero attached hydrogens (tertiary/aromatic N) is 4. The summed E-state index contributed by atoms with van der Waals surface area (Å²) in [6.07, 6.45) is 1.25. The molecule has 3 rings (SSSR count). The molecule has 0 aromatic carbocycles. The number of oxime groups is 1. The molecule has 1 aliphatic rings. The van der Waals surface area contributed by atoms with Crippen LogP contribution in [0, 0.1) is 6.92 Å². The molecule has 31 heavy (non-hydrogen) atoms. The Bertz CT molecular complexity index is 996. The smallest absolute Gasteiger partial charge is 0.335 e. The third-order valence-corrected chi connectivity index (χ3v) is 4.57. The standard InChI is InChI=1S/C14H13ClN6O5S.2C2H6/c1-8-7-10(15)18-13(17-8)19-14(22)21-27(23,24)12-9(3-2-4-16-12)11-20-26-6-5-25-11;2*1-2/h2-4,7H,5-6H2,1H3,(H2,17,18,19,21,22);2*1-2H3. The van der Waals surface area contributed by atoms with Crippen LogP contribution >= 0.6 is 11.6 Å². The van der Waals surface area contributed by atoms with E-state index in [2.05, 4.69) is 25.4 Å². The number of aromatic nitrogens is 3. The first-order valence-corrected chi connectivity index (χ1v) is 11.3. The fourth-order valence-electron chi connectivity index (χ4n) is 2.08. The highest BCUT2D eigenvalue weighted by molar-refractivity contribution is 7.90. The second-order valence-corrected chi connectivity index (χ2v) is 7.13. The predicted molar refractivity (Wildman–Crippen MR) is 116 cm³/mol. The van der Waals surface area contributed by atoms with Crippen LogP contribution in [0.15, 0.2) is 34.6 Å². The first-order chi connectivity index (χ1) is 14.8. The molecule has 0 bridgehead atoms. The van der Waals surface area contributed by atoms with Crippen LogP contribution in [0.25, 0.3) is 0 Å². The summed E-state index contributed by atoms with van der Waals surface area (Å²) in [6.45, 7) is 10.1. The van der Waals surface area contributed by atoms with Gasteiger partial charge in [-0.1, -0.05) is 39.3 Å². The topological polar surface area (TPSA) is 145 Å². The number of nitrogens with one attached hydrogen (secondary N) is 2. The lowest BCUT2D eigenvalue weighted by Gasteiger charge is -2.15. The van der Waals surface area contributed by atoms with E-state index in [-0.39, 0.29) is 35.8 Å². The van der Waals surface area contributed by atoms with Crippen LogP contribution in [0.2, 0.25) is 5.15 Å².